The fourth-order valence-corrected chi connectivity index (χ4v) is 2.74. The number of carbonyl (C=O) groups is 2. The molecule has 22 heavy (non-hydrogen) atoms. The van der Waals surface area contributed by atoms with Gasteiger partial charge in [-0.15, -0.1) is 0 Å². The van der Waals surface area contributed by atoms with E-state index in [1.807, 2.05) is 18.2 Å². The van der Waals surface area contributed by atoms with Crippen LogP contribution in [0.1, 0.15) is 18.4 Å². The maximum atomic E-state index is 11.9. The van der Waals surface area contributed by atoms with Crippen molar-refractivity contribution in [2.45, 2.75) is 19.3 Å². The fourth-order valence-electron chi connectivity index (χ4n) is 2.74. The maximum absolute atomic E-state index is 11.9. The topological polar surface area (TPSA) is 58.6 Å². The highest BCUT2D eigenvalue weighted by Crippen LogP contribution is 2.17. The zero-order chi connectivity index (χ0) is 15.8. The molecule has 1 aliphatic rings. The Bertz CT molecular complexity index is 482. The van der Waals surface area contributed by atoms with E-state index in [1.54, 1.807) is 0 Å². The van der Waals surface area contributed by atoms with E-state index in [-0.39, 0.29) is 17.8 Å². The van der Waals surface area contributed by atoms with Crippen LogP contribution >= 0.6 is 0 Å². The molecule has 0 bridgehead atoms. The Morgan fingerprint density at radius 2 is 1.91 bits per heavy atom. The summed E-state index contributed by atoms with van der Waals surface area (Å²) in [5.41, 5.74) is 1.22. The molecule has 5 heteroatoms. The molecule has 0 aliphatic carbocycles. The van der Waals surface area contributed by atoms with Crippen molar-refractivity contribution in [2.75, 3.05) is 33.3 Å². The third-order valence-electron chi connectivity index (χ3n) is 4.07. The average Bonchev–Trinajstić information content (AvgIpc) is 2.56. The van der Waals surface area contributed by atoms with Gasteiger partial charge in [0.15, 0.2) is 0 Å². The van der Waals surface area contributed by atoms with E-state index in [0.29, 0.717) is 13.1 Å². The minimum absolute atomic E-state index is 0.0117. The Labute approximate surface area is 131 Å². The zero-order valence-corrected chi connectivity index (χ0v) is 13.1. The van der Waals surface area contributed by atoms with Crippen LogP contribution in [0.15, 0.2) is 30.3 Å². The van der Waals surface area contributed by atoms with Crippen molar-refractivity contribution in [1.82, 2.24) is 10.2 Å². The lowest BCUT2D eigenvalue weighted by Gasteiger charge is -2.29. The molecule has 0 saturated carbocycles. The van der Waals surface area contributed by atoms with Crippen LogP contribution in [0.2, 0.25) is 0 Å². The Hall–Kier alpha value is -1.88. The number of esters is 1. The van der Waals surface area contributed by atoms with Crippen molar-refractivity contribution in [2.24, 2.45) is 5.92 Å². The van der Waals surface area contributed by atoms with E-state index < -0.39 is 0 Å². The molecule has 1 amide bonds. The van der Waals surface area contributed by atoms with Crippen molar-refractivity contribution >= 4 is 11.9 Å². The third kappa shape index (κ3) is 5.15. The van der Waals surface area contributed by atoms with Crippen molar-refractivity contribution in [3.05, 3.63) is 35.9 Å². The molecule has 0 aromatic heterocycles. The number of nitrogens with zero attached hydrogens (tertiary/aromatic N) is 1. The molecule has 0 unspecified atom stereocenters. The lowest BCUT2D eigenvalue weighted by Crippen LogP contribution is -2.43. The molecule has 1 N–H and O–H groups in total. The van der Waals surface area contributed by atoms with Gasteiger partial charge in [0.05, 0.1) is 19.6 Å². The highest BCUT2D eigenvalue weighted by Gasteiger charge is 2.26. The average molecular weight is 304 g/mol. The molecule has 1 saturated heterocycles. The Morgan fingerprint density at radius 3 is 2.55 bits per heavy atom. The summed E-state index contributed by atoms with van der Waals surface area (Å²) in [4.78, 5) is 25.5. The summed E-state index contributed by atoms with van der Waals surface area (Å²) in [5.74, 6) is -0.0956. The number of hydrogen-bond acceptors (Lipinski definition) is 4. The minimum atomic E-state index is -0.132. The number of likely N-dealkylation sites (tertiary alicyclic amines) is 1. The van der Waals surface area contributed by atoms with Crippen molar-refractivity contribution < 1.29 is 14.3 Å². The standard InChI is InChI=1S/C17H24N2O3/c1-22-17(21)15-8-11-19(12-9-15)13-16(20)18-10-7-14-5-3-2-4-6-14/h2-6,15H,7-13H2,1H3,(H,18,20). The minimum Gasteiger partial charge on any atom is -0.469 e. The summed E-state index contributed by atoms with van der Waals surface area (Å²) in [6.45, 7) is 2.60. The number of amides is 1. The van der Waals surface area contributed by atoms with Crippen LogP contribution in [0.25, 0.3) is 0 Å². The van der Waals surface area contributed by atoms with Gasteiger partial charge in [0, 0.05) is 6.54 Å². The molecular formula is C17H24N2O3. The van der Waals surface area contributed by atoms with Gasteiger partial charge >= 0.3 is 5.97 Å². The molecule has 1 fully saturated rings. The van der Waals surface area contributed by atoms with Gasteiger partial charge in [0.25, 0.3) is 0 Å². The van der Waals surface area contributed by atoms with Crippen LogP contribution in [0.5, 0.6) is 0 Å². The van der Waals surface area contributed by atoms with Gasteiger partial charge in [-0.2, -0.15) is 0 Å². The first-order valence-corrected chi connectivity index (χ1v) is 7.80. The van der Waals surface area contributed by atoms with Crippen molar-refractivity contribution in [3.8, 4) is 0 Å². The number of ether oxygens (including phenoxy) is 1. The molecule has 1 aromatic carbocycles. The van der Waals surface area contributed by atoms with E-state index in [2.05, 4.69) is 22.3 Å². The van der Waals surface area contributed by atoms with Crippen LogP contribution in [-0.2, 0) is 20.7 Å². The highest BCUT2D eigenvalue weighted by molar-refractivity contribution is 5.78. The predicted molar refractivity (Wildman–Crippen MR) is 84.3 cm³/mol. The van der Waals surface area contributed by atoms with Crippen LogP contribution in [0.4, 0.5) is 0 Å². The lowest BCUT2D eigenvalue weighted by atomic mass is 9.97. The number of piperidine rings is 1. The molecule has 0 radical (unpaired) electrons. The van der Waals surface area contributed by atoms with Gasteiger partial charge in [-0.3, -0.25) is 14.5 Å². The molecule has 1 heterocycles. The molecular weight excluding hydrogens is 280 g/mol. The number of benzene rings is 1. The summed E-state index contributed by atoms with van der Waals surface area (Å²) in [5, 5.41) is 2.95. The van der Waals surface area contributed by atoms with Gasteiger partial charge in [-0.25, -0.2) is 0 Å². The van der Waals surface area contributed by atoms with Gasteiger partial charge in [-0.1, -0.05) is 30.3 Å². The van der Waals surface area contributed by atoms with Gasteiger partial charge in [0.2, 0.25) is 5.91 Å². The van der Waals surface area contributed by atoms with Gasteiger partial charge in [-0.05, 0) is 37.9 Å². The number of rotatable bonds is 6. The van der Waals surface area contributed by atoms with E-state index in [0.717, 1.165) is 32.4 Å². The molecule has 5 nitrogen and oxygen atoms in total. The summed E-state index contributed by atoms with van der Waals surface area (Å²) in [6.07, 6.45) is 2.38. The van der Waals surface area contributed by atoms with Gasteiger partial charge in [0.1, 0.15) is 0 Å². The summed E-state index contributed by atoms with van der Waals surface area (Å²) in [6, 6.07) is 10.1. The fraction of sp³-hybridized carbons (Fsp3) is 0.529. The SMILES string of the molecule is COC(=O)C1CCN(CC(=O)NCCc2ccccc2)CC1. The van der Waals surface area contributed by atoms with Crippen molar-refractivity contribution in [1.29, 1.82) is 0 Å². The first-order chi connectivity index (χ1) is 10.7. The molecule has 0 spiro atoms. The van der Waals surface area contributed by atoms with Crippen LogP contribution in [0, 0.1) is 5.92 Å². The summed E-state index contributed by atoms with van der Waals surface area (Å²) < 4.78 is 4.76. The quantitative estimate of drug-likeness (QED) is 0.803. The Balaban J connectivity index is 1.63. The number of hydrogen-bond donors (Lipinski definition) is 1. The second kappa shape index (κ2) is 8.54. The van der Waals surface area contributed by atoms with Crippen LogP contribution in [-0.4, -0.2) is 50.1 Å². The zero-order valence-electron chi connectivity index (χ0n) is 13.1. The molecule has 120 valence electrons. The highest BCUT2D eigenvalue weighted by atomic mass is 16.5. The first kappa shape index (κ1) is 16.5. The number of carbonyl (C=O) groups excluding carboxylic acids is 2. The number of nitrogens with one attached hydrogen (secondary N) is 1. The Kier molecular flexibility index (Phi) is 6.40. The molecule has 1 aromatic rings. The van der Waals surface area contributed by atoms with E-state index >= 15 is 0 Å². The largest absolute Gasteiger partial charge is 0.469 e. The second-order valence-electron chi connectivity index (χ2n) is 5.66. The first-order valence-electron chi connectivity index (χ1n) is 7.80. The maximum Gasteiger partial charge on any atom is 0.308 e. The van der Waals surface area contributed by atoms with Crippen molar-refractivity contribution in [3.63, 3.8) is 0 Å². The molecule has 0 atom stereocenters. The van der Waals surface area contributed by atoms with E-state index in [1.165, 1.54) is 12.7 Å². The second-order valence-corrected chi connectivity index (χ2v) is 5.66. The molecule has 1 aliphatic heterocycles. The van der Waals surface area contributed by atoms with Gasteiger partial charge < -0.3 is 10.1 Å². The smallest absolute Gasteiger partial charge is 0.308 e. The van der Waals surface area contributed by atoms with Crippen LogP contribution < -0.4 is 5.32 Å². The van der Waals surface area contributed by atoms with Crippen LogP contribution in [0.3, 0.4) is 0 Å². The van der Waals surface area contributed by atoms with E-state index in [9.17, 15) is 9.59 Å². The Morgan fingerprint density at radius 1 is 1.23 bits per heavy atom. The molecule has 2 rings (SSSR count). The lowest BCUT2D eigenvalue weighted by molar-refractivity contribution is -0.147. The summed E-state index contributed by atoms with van der Waals surface area (Å²) >= 11 is 0. The summed E-state index contributed by atoms with van der Waals surface area (Å²) in [7, 11) is 1.43. The predicted octanol–water partition coefficient (Wildman–Crippen LogP) is 1.23. The number of methoxy groups -OCH3 is 1. The normalized spacial score (nSPS) is 16.2. The van der Waals surface area contributed by atoms with E-state index in [4.69, 9.17) is 4.74 Å². The monoisotopic (exact) mass is 304 g/mol. The third-order valence-corrected chi connectivity index (χ3v) is 4.07.